The van der Waals surface area contributed by atoms with Gasteiger partial charge in [0.1, 0.15) is 0 Å². The maximum absolute atomic E-state index is 12.2. The highest BCUT2D eigenvalue weighted by molar-refractivity contribution is 5.85. The Morgan fingerprint density at radius 1 is 1.09 bits per heavy atom. The van der Waals surface area contributed by atoms with Gasteiger partial charge in [0.2, 0.25) is 5.91 Å². The topological polar surface area (TPSA) is 58.4 Å². The highest BCUT2D eigenvalue weighted by atomic mass is 35.5. The van der Waals surface area contributed by atoms with Crippen molar-refractivity contribution >= 4 is 18.3 Å². The number of nitrogens with zero attached hydrogens (tertiary/aromatic N) is 1. The monoisotopic (exact) mass is 329 g/mol. The van der Waals surface area contributed by atoms with Crippen LogP contribution in [0.15, 0.2) is 0 Å². The zero-order chi connectivity index (χ0) is 14.7. The van der Waals surface area contributed by atoms with Gasteiger partial charge in [-0.05, 0) is 44.1 Å². The van der Waals surface area contributed by atoms with Crippen LogP contribution in [0.4, 0.5) is 0 Å². The highest BCUT2D eigenvalue weighted by Gasteiger charge is 2.34. The second-order valence-corrected chi connectivity index (χ2v) is 7.47. The summed E-state index contributed by atoms with van der Waals surface area (Å²) in [7, 11) is 0. The molecule has 1 amide bonds. The molecule has 3 aliphatic rings. The zero-order valence-corrected chi connectivity index (χ0v) is 14.5. The van der Waals surface area contributed by atoms with Gasteiger partial charge >= 0.3 is 0 Å². The van der Waals surface area contributed by atoms with Crippen LogP contribution in [0.2, 0.25) is 0 Å². The predicted octanol–water partition coefficient (Wildman–Crippen LogP) is 2.31. The molecule has 2 unspecified atom stereocenters. The maximum Gasteiger partial charge on any atom is 0.236 e. The number of likely N-dealkylation sites (tertiary alicyclic amines) is 1. The molecule has 0 aromatic rings. The third-order valence-electron chi connectivity index (χ3n) is 5.59. The fourth-order valence-corrected chi connectivity index (χ4v) is 4.07. The van der Waals surface area contributed by atoms with E-state index >= 15 is 0 Å². The van der Waals surface area contributed by atoms with Crippen molar-refractivity contribution in [3.05, 3.63) is 0 Å². The van der Waals surface area contributed by atoms with Crippen LogP contribution in [-0.4, -0.2) is 42.5 Å². The number of hydrogen-bond acceptors (Lipinski definition) is 3. The number of nitrogens with two attached hydrogens (primary N) is 1. The van der Waals surface area contributed by atoms with Crippen molar-refractivity contribution in [2.24, 2.45) is 17.6 Å². The van der Waals surface area contributed by atoms with E-state index in [1.54, 1.807) is 0 Å². The zero-order valence-electron chi connectivity index (χ0n) is 13.6. The molecule has 4 nitrogen and oxygen atoms in total. The van der Waals surface area contributed by atoms with Gasteiger partial charge in [-0.25, -0.2) is 0 Å². The number of rotatable bonds is 6. The number of hydrogen-bond donors (Lipinski definition) is 2. The van der Waals surface area contributed by atoms with Gasteiger partial charge in [-0.3, -0.25) is 4.79 Å². The standard InChI is InChI=1S/C17H31N3O.ClH/c18-16(10-13-4-2-1-3-5-13)17(21)19-11-14-8-9-20(12-14)15-6-7-15;/h13-16H,1-12,18H2,(H,19,21);1H. The molecule has 3 N–H and O–H groups in total. The molecule has 0 spiro atoms. The molecule has 0 radical (unpaired) electrons. The van der Waals surface area contributed by atoms with Crippen LogP contribution in [-0.2, 0) is 4.79 Å². The van der Waals surface area contributed by atoms with Crippen LogP contribution in [0, 0.1) is 11.8 Å². The highest BCUT2D eigenvalue weighted by Crippen LogP contribution is 2.31. The summed E-state index contributed by atoms with van der Waals surface area (Å²) in [6, 6.07) is 0.563. The Bertz CT molecular complexity index is 356. The van der Waals surface area contributed by atoms with Crippen molar-refractivity contribution in [1.29, 1.82) is 0 Å². The van der Waals surface area contributed by atoms with E-state index in [1.165, 1.54) is 64.5 Å². The molecule has 1 aliphatic heterocycles. The number of carbonyl (C=O) groups excluding carboxylic acids is 1. The maximum atomic E-state index is 12.2. The summed E-state index contributed by atoms with van der Waals surface area (Å²) < 4.78 is 0. The van der Waals surface area contributed by atoms with Gasteiger partial charge < -0.3 is 16.0 Å². The van der Waals surface area contributed by atoms with Crippen LogP contribution in [0.3, 0.4) is 0 Å². The van der Waals surface area contributed by atoms with Gasteiger partial charge in [0.15, 0.2) is 0 Å². The molecule has 2 atom stereocenters. The lowest BCUT2D eigenvalue weighted by molar-refractivity contribution is -0.123. The van der Waals surface area contributed by atoms with Gasteiger partial charge in [-0.1, -0.05) is 32.1 Å². The van der Waals surface area contributed by atoms with E-state index in [2.05, 4.69) is 10.2 Å². The van der Waals surface area contributed by atoms with E-state index in [9.17, 15) is 4.79 Å². The van der Waals surface area contributed by atoms with Crippen molar-refractivity contribution < 1.29 is 4.79 Å². The Kier molecular flexibility index (Phi) is 6.97. The smallest absolute Gasteiger partial charge is 0.236 e. The minimum atomic E-state index is -0.297. The van der Waals surface area contributed by atoms with Crippen LogP contribution < -0.4 is 11.1 Å². The summed E-state index contributed by atoms with van der Waals surface area (Å²) in [6.45, 7) is 3.21. The van der Waals surface area contributed by atoms with E-state index < -0.39 is 0 Å². The fourth-order valence-electron chi connectivity index (χ4n) is 4.07. The molecule has 1 saturated heterocycles. The molecule has 0 aromatic carbocycles. The summed E-state index contributed by atoms with van der Waals surface area (Å²) in [5.74, 6) is 1.39. The van der Waals surface area contributed by atoms with Gasteiger partial charge in [-0.15, -0.1) is 12.4 Å². The molecule has 1 heterocycles. The van der Waals surface area contributed by atoms with Gasteiger partial charge in [0.05, 0.1) is 6.04 Å². The summed E-state index contributed by atoms with van der Waals surface area (Å²) in [5.41, 5.74) is 6.10. The molecular formula is C17H32ClN3O. The van der Waals surface area contributed by atoms with E-state index in [-0.39, 0.29) is 24.4 Å². The van der Waals surface area contributed by atoms with Crippen LogP contribution in [0.1, 0.15) is 57.8 Å². The minimum Gasteiger partial charge on any atom is -0.354 e. The summed E-state index contributed by atoms with van der Waals surface area (Å²) in [5, 5.41) is 3.10. The van der Waals surface area contributed by atoms with E-state index in [1.807, 2.05) is 0 Å². The normalized spacial score (nSPS) is 28.1. The predicted molar refractivity (Wildman–Crippen MR) is 92.1 cm³/mol. The molecule has 5 heteroatoms. The average Bonchev–Trinajstić information content (AvgIpc) is 3.25. The first-order chi connectivity index (χ1) is 10.2. The first-order valence-corrected chi connectivity index (χ1v) is 8.99. The number of nitrogens with one attached hydrogen (secondary N) is 1. The van der Waals surface area contributed by atoms with Crippen LogP contribution >= 0.6 is 12.4 Å². The Hall–Kier alpha value is -0.320. The lowest BCUT2D eigenvalue weighted by Crippen LogP contribution is -2.43. The summed E-state index contributed by atoms with van der Waals surface area (Å²) in [4.78, 5) is 14.7. The molecule has 22 heavy (non-hydrogen) atoms. The third-order valence-corrected chi connectivity index (χ3v) is 5.59. The van der Waals surface area contributed by atoms with Crippen molar-refractivity contribution in [1.82, 2.24) is 10.2 Å². The second kappa shape index (κ2) is 8.51. The quantitative estimate of drug-likeness (QED) is 0.786. The molecule has 2 saturated carbocycles. The molecule has 3 fully saturated rings. The SMILES string of the molecule is Cl.NC(CC1CCCCC1)C(=O)NCC1CCN(C2CC2)C1. The second-order valence-electron chi connectivity index (χ2n) is 7.47. The van der Waals surface area contributed by atoms with Crippen molar-refractivity contribution in [3.8, 4) is 0 Å². The van der Waals surface area contributed by atoms with Gasteiger partial charge in [0, 0.05) is 19.1 Å². The Morgan fingerprint density at radius 3 is 2.50 bits per heavy atom. The lowest BCUT2D eigenvalue weighted by Gasteiger charge is -2.24. The number of carbonyl (C=O) groups is 1. The van der Waals surface area contributed by atoms with Crippen molar-refractivity contribution in [3.63, 3.8) is 0 Å². The lowest BCUT2D eigenvalue weighted by atomic mass is 9.85. The molecule has 0 aromatic heterocycles. The van der Waals surface area contributed by atoms with Crippen LogP contribution in [0.25, 0.3) is 0 Å². The fraction of sp³-hybridized carbons (Fsp3) is 0.941. The van der Waals surface area contributed by atoms with Gasteiger partial charge in [0.25, 0.3) is 0 Å². The molecule has 128 valence electrons. The van der Waals surface area contributed by atoms with Crippen LogP contribution in [0.5, 0.6) is 0 Å². The molecule has 2 aliphatic carbocycles. The summed E-state index contributed by atoms with van der Waals surface area (Å²) in [6.07, 6.45) is 11.4. The van der Waals surface area contributed by atoms with E-state index in [0.717, 1.165) is 19.0 Å². The van der Waals surface area contributed by atoms with Crippen molar-refractivity contribution in [2.75, 3.05) is 19.6 Å². The van der Waals surface area contributed by atoms with Gasteiger partial charge in [-0.2, -0.15) is 0 Å². The Labute approximate surface area is 141 Å². The molecule has 3 rings (SSSR count). The Morgan fingerprint density at radius 2 is 1.82 bits per heavy atom. The van der Waals surface area contributed by atoms with E-state index in [4.69, 9.17) is 5.73 Å². The first-order valence-electron chi connectivity index (χ1n) is 8.99. The summed E-state index contributed by atoms with van der Waals surface area (Å²) >= 11 is 0. The third kappa shape index (κ3) is 5.10. The Balaban J connectivity index is 0.00000176. The average molecular weight is 330 g/mol. The number of amides is 1. The first kappa shape index (κ1) is 18.0. The van der Waals surface area contributed by atoms with E-state index in [0.29, 0.717) is 11.8 Å². The van der Waals surface area contributed by atoms with Crippen molar-refractivity contribution in [2.45, 2.75) is 69.9 Å². The largest absolute Gasteiger partial charge is 0.354 e. The molecular weight excluding hydrogens is 298 g/mol. The minimum absolute atomic E-state index is 0. The number of halogens is 1. The molecule has 0 bridgehead atoms.